The van der Waals surface area contributed by atoms with Crippen LogP contribution in [0.4, 0.5) is 11.4 Å². The van der Waals surface area contributed by atoms with Gasteiger partial charge in [-0.3, -0.25) is 19.8 Å². The van der Waals surface area contributed by atoms with E-state index >= 15 is 0 Å². The van der Waals surface area contributed by atoms with Crippen molar-refractivity contribution in [3.8, 4) is 0 Å². The van der Waals surface area contributed by atoms with Gasteiger partial charge in [-0.15, -0.1) is 0 Å². The molecule has 8 heteroatoms. The van der Waals surface area contributed by atoms with Crippen molar-refractivity contribution in [2.75, 3.05) is 50.7 Å². The van der Waals surface area contributed by atoms with E-state index in [2.05, 4.69) is 30.6 Å². The van der Waals surface area contributed by atoms with Gasteiger partial charge in [-0.1, -0.05) is 6.92 Å². The molecular weight excluding hydrogens is 420 g/mol. The van der Waals surface area contributed by atoms with Gasteiger partial charge in [-0.25, -0.2) is 0 Å². The summed E-state index contributed by atoms with van der Waals surface area (Å²) in [6.45, 7) is 12.7. The Bertz CT molecular complexity index is 837. The molecule has 0 N–H and O–H groups in total. The van der Waals surface area contributed by atoms with Gasteiger partial charge in [0, 0.05) is 57.9 Å². The first-order valence-electron chi connectivity index (χ1n) is 12.5. The van der Waals surface area contributed by atoms with E-state index in [4.69, 9.17) is 4.74 Å². The third-order valence-corrected chi connectivity index (χ3v) is 7.46. The molecule has 0 bridgehead atoms. The van der Waals surface area contributed by atoms with Crippen molar-refractivity contribution < 1.29 is 14.5 Å². The van der Waals surface area contributed by atoms with Gasteiger partial charge in [0.2, 0.25) is 0 Å². The van der Waals surface area contributed by atoms with Crippen LogP contribution >= 0.6 is 0 Å². The minimum Gasteiger partial charge on any atom is -0.373 e. The molecule has 2 atom stereocenters. The van der Waals surface area contributed by atoms with Gasteiger partial charge in [0.05, 0.1) is 28.4 Å². The number of ether oxygens (including phenoxy) is 1. The summed E-state index contributed by atoms with van der Waals surface area (Å²) in [5.41, 5.74) is 1.31. The number of morpholine rings is 1. The van der Waals surface area contributed by atoms with E-state index in [1.165, 1.54) is 12.1 Å². The molecule has 0 radical (unpaired) electrons. The fraction of sp³-hybridized carbons (Fsp3) is 0.720. The number of nitro groups is 1. The molecule has 3 fully saturated rings. The van der Waals surface area contributed by atoms with Gasteiger partial charge in [-0.2, -0.15) is 0 Å². The second kappa shape index (κ2) is 10.4. The maximum Gasteiger partial charge on any atom is 0.270 e. The van der Waals surface area contributed by atoms with Crippen molar-refractivity contribution in [2.45, 2.75) is 58.7 Å². The van der Waals surface area contributed by atoms with Crippen LogP contribution < -0.4 is 4.90 Å². The monoisotopic (exact) mass is 458 g/mol. The summed E-state index contributed by atoms with van der Waals surface area (Å²) >= 11 is 0. The maximum atomic E-state index is 13.5. The fourth-order valence-corrected chi connectivity index (χ4v) is 5.62. The number of likely N-dealkylation sites (tertiary alicyclic amines) is 1. The number of carbonyl (C=O) groups excluding carboxylic acids is 1. The summed E-state index contributed by atoms with van der Waals surface area (Å²) in [6.07, 6.45) is 4.62. The van der Waals surface area contributed by atoms with E-state index in [9.17, 15) is 14.9 Å². The standard InChI is InChI=1S/C25H38N4O4/c1-18-6-10-27(11-7-18)24-5-4-22(29(31)32)14-23(24)25(30)28-12-8-21(9-13-28)17-26-15-19(2)33-20(3)16-26/h4-5,14,18-21H,6-13,15-17H2,1-3H3. The molecule has 2 unspecified atom stereocenters. The van der Waals surface area contributed by atoms with Crippen LogP contribution in [0.3, 0.4) is 0 Å². The summed E-state index contributed by atoms with van der Waals surface area (Å²) < 4.78 is 5.85. The summed E-state index contributed by atoms with van der Waals surface area (Å²) in [5.74, 6) is 1.18. The number of rotatable bonds is 5. The van der Waals surface area contributed by atoms with Crippen LogP contribution in [0.25, 0.3) is 0 Å². The van der Waals surface area contributed by atoms with Crippen LogP contribution in [0.15, 0.2) is 18.2 Å². The Morgan fingerprint density at radius 1 is 1.03 bits per heavy atom. The number of nitro benzene ring substituents is 1. The number of piperidine rings is 2. The largest absolute Gasteiger partial charge is 0.373 e. The Morgan fingerprint density at radius 3 is 2.27 bits per heavy atom. The molecule has 1 aromatic rings. The average molecular weight is 459 g/mol. The Hall–Kier alpha value is -2.19. The summed E-state index contributed by atoms with van der Waals surface area (Å²) in [7, 11) is 0. The third kappa shape index (κ3) is 5.84. The van der Waals surface area contributed by atoms with E-state index in [1.807, 2.05) is 4.90 Å². The molecule has 3 aliphatic heterocycles. The number of benzene rings is 1. The van der Waals surface area contributed by atoms with Crippen molar-refractivity contribution in [1.29, 1.82) is 0 Å². The lowest BCUT2D eigenvalue weighted by molar-refractivity contribution is -0.384. The minimum absolute atomic E-state index is 0.0158. The quantitative estimate of drug-likeness (QED) is 0.493. The molecular formula is C25H38N4O4. The Labute approximate surface area is 197 Å². The Morgan fingerprint density at radius 2 is 1.67 bits per heavy atom. The first-order valence-corrected chi connectivity index (χ1v) is 12.5. The predicted molar refractivity (Wildman–Crippen MR) is 129 cm³/mol. The lowest BCUT2D eigenvalue weighted by Crippen LogP contribution is -2.48. The number of hydrogen-bond acceptors (Lipinski definition) is 6. The SMILES string of the molecule is CC1CCN(c2ccc([N+](=O)[O-])cc2C(=O)N2CCC(CN3CC(C)OC(C)C3)CC2)CC1. The van der Waals surface area contributed by atoms with Gasteiger partial charge in [-0.05, 0) is 57.4 Å². The first kappa shape index (κ1) is 24.0. The molecule has 3 saturated heterocycles. The number of non-ortho nitro benzene ring substituents is 1. The molecule has 0 spiro atoms. The summed E-state index contributed by atoms with van der Waals surface area (Å²) in [6, 6.07) is 4.79. The van der Waals surface area contributed by atoms with Crippen LogP contribution in [0.1, 0.15) is 56.8 Å². The second-order valence-corrected chi connectivity index (χ2v) is 10.3. The molecule has 4 rings (SSSR count). The van der Waals surface area contributed by atoms with Crippen molar-refractivity contribution in [3.05, 3.63) is 33.9 Å². The predicted octanol–water partition coefficient (Wildman–Crippen LogP) is 3.79. The molecule has 0 aromatic heterocycles. The van der Waals surface area contributed by atoms with Crippen molar-refractivity contribution >= 4 is 17.3 Å². The number of hydrogen-bond donors (Lipinski definition) is 0. The van der Waals surface area contributed by atoms with Crippen molar-refractivity contribution in [1.82, 2.24) is 9.80 Å². The van der Waals surface area contributed by atoms with Gasteiger partial charge in [0.25, 0.3) is 11.6 Å². The zero-order valence-electron chi connectivity index (χ0n) is 20.2. The van der Waals surface area contributed by atoms with Gasteiger partial charge in [0.1, 0.15) is 0 Å². The van der Waals surface area contributed by atoms with Crippen LogP contribution in [0.2, 0.25) is 0 Å². The highest BCUT2D eigenvalue weighted by molar-refractivity contribution is 6.00. The summed E-state index contributed by atoms with van der Waals surface area (Å²) in [5, 5.41) is 11.4. The zero-order chi connectivity index (χ0) is 23.5. The van der Waals surface area contributed by atoms with Crippen LogP contribution in [-0.2, 0) is 4.74 Å². The highest BCUT2D eigenvalue weighted by atomic mass is 16.6. The lowest BCUT2D eigenvalue weighted by atomic mass is 9.94. The smallest absolute Gasteiger partial charge is 0.270 e. The van der Waals surface area contributed by atoms with Gasteiger partial charge >= 0.3 is 0 Å². The first-order chi connectivity index (χ1) is 15.8. The van der Waals surface area contributed by atoms with E-state index < -0.39 is 4.92 Å². The van der Waals surface area contributed by atoms with Crippen LogP contribution in [-0.4, -0.2) is 78.7 Å². The molecule has 1 aromatic carbocycles. The van der Waals surface area contributed by atoms with Crippen LogP contribution in [0, 0.1) is 22.0 Å². The lowest BCUT2D eigenvalue weighted by Gasteiger charge is -2.40. The minimum atomic E-state index is -0.407. The highest BCUT2D eigenvalue weighted by Crippen LogP contribution is 2.31. The molecule has 3 aliphatic rings. The zero-order valence-corrected chi connectivity index (χ0v) is 20.2. The highest BCUT2D eigenvalue weighted by Gasteiger charge is 2.31. The second-order valence-electron chi connectivity index (χ2n) is 10.3. The number of carbonyl (C=O) groups is 1. The molecule has 0 aliphatic carbocycles. The molecule has 182 valence electrons. The van der Waals surface area contributed by atoms with E-state index in [-0.39, 0.29) is 23.8 Å². The third-order valence-electron chi connectivity index (χ3n) is 7.46. The van der Waals surface area contributed by atoms with E-state index in [0.29, 0.717) is 30.5 Å². The number of amides is 1. The topological polar surface area (TPSA) is 79.2 Å². The maximum absolute atomic E-state index is 13.5. The molecule has 3 heterocycles. The normalized spacial score (nSPS) is 25.9. The van der Waals surface area contributed by atoms with Gasteiger partial charge in [0.15, 0.2) is 0 Å². The Balaban J connectivity index is 1.42. The molecule has 8 nitrogen and oxygen atoms in total. The van der Waals surface area contributed by atoms with Crippen molar-refractivity contribution in [3.63, 3.8) is 0 Å². The van der Waals surface area contributed by atoms with Gasteiger partial charge < -0.3 is 14.5 Å². The van der Waals surface area contributed by atoms with E-state index in [1.54, 1.807) is 6.07 Å². The van der Waals surface area contributed by atoms with E-state index in [0.717, 1.165) is 64.1 Å². The van der Waals surface area contributed by atoms with Crippen molar-refractivity contribution in [2.24, 2.45) is 11.8 Å². The molecule has 1 amide bonds. The Kier molecular flexibility index (Phi) is 7.54. The molecule has 33 heavy (non-hydrogen) atoms. The average Bonchev–Trinajstić information content (AvgIpc) is 2.78. The summed E-state index contributed by atoms with van der Waals surface area (Å²) in [4.78, 5) is 31.2. The van der Waals surface area contributed by atoms with Crippen LogP contribution in [0.5, 0.6) is 0 Å². The fourth-order valence-electron chi connectivity index (χ4n) is 5.62. The number of nitrogens with zero attached hydrogens (tertiary/aromatic N) is 4. The number of anilines is 1. The molecule has 0 saturated carbocycles.